The number of carbonyl (C=O) groups is 2. The van der Waals surface area contributed by atoms with E-state index in [-0.39, 0.29) is 17.9 Å². The van der Waals surface area contributed by atoms with Gasteiger partial charge < -0.3 is 0 Å². The molecule has 0 N–H and O–H groups in total. The van der Waals surface area contributed by atoms with Crippen LogP contribution in [-0.2, 0) is 9.59 Å². The van der Waals surface area contributed by atoms with Crippen molar-refractivity contribution in [2.75, 3.05) is 18.0 Å². The Labute approximate surface area is 171 Å². The highest BCUT2D eigenvalue weighted by atomic mass is 79.9. The highest BCUT2D eigenvalue weighted by Crippen LogP contribution is 2.48. The number of carbonyl (C=O) groups excluding carboxylic acids is 2. The summed E-state index contributed by atoms with van der Waals surface area (Å²) >= 11 is 3.46. The molecule has 28 heavy (non-hydrogen) atoms. The lowest BCUT2D eigenvalue weighted by molar-refractivity contribution is -0.126. The van der Waals surface area contributed by atoms with Crippen molar-refractivity contribution in [2.45, 2.75) is 18.5 Å². The molecule has 2 aromatic carbocycles. The van der Waals surface area contributed by atoms with Crippen LogP contribution in [0.3, 0.4) is 0 Å². The van der Waals surface area contributed by atoms with Gasteiger partial charge in [-0.05, 0) is 48.4 Å². The molecule has 3 heterocycles. The topological polar surface area (TPSA) is 67.7 Å². The summed E-state index contributed by atoms with van der Waals surface area (Å²) in [6.07, 6.45) is 0.981. The Hall–Kier alpha value is -2.53. The van der Waals surface area contributed by atoms with Crippen LogP contribution in [0.5, 0.6) is 0 Å². The van der Waals surface area contributed by atoms with Crippen LogP contribution in [0.25, 0.3) is 0 Å². The normalized spacial score (nSPS) is 27.1. The van der Waals surface area contributed by atoms with E-state index in [0.29, 0.717) is 11.3 Å². The third-order valence-corrected chi connectivity index (χ3v) is 6.40. The van der Waals surface area contributed by atoms with Gasteiger partial charge in [0.25, 0.3) is 5.91 Å². The van der Waals surface area contributed by atoms with Crippen LogP contribution in [0.2, 0.25) is 0 Å². The van der Waals surface area contributed by atoms with E-state index in [1.807, 2.05) is 24.3 Å². The average molecular weight is 437 g/mol. The fourth-order valence-electron chi connectivity index (χ4n) is 4.71. The number of hydrogen-bond acceptors (Lipinski definition) is 5. The van der Waals surface area contributed by atoms with Gasteiger partial charge in [0.15, 0.2) is 0 Å². The number of hydrazine groups is 1. The zero-order chi connectivity index (χ0) is 19.4. The van der Waals surface area contributed by atoms with Gasteiger partial charge in [-0.15, -0.1) is 0 Å². The van der Waals surface area contributed by atoms with Crippen LogP contribution in [-0.4, -0.2) is 41.0 Å². The van der Waals surface area contributed by atoms with Crippen molar-refractivity contribution in [1.29, 1.82) is 5.26 Å². The third-order valence-electron chi connectivity index (χ3n) is 5.87. The second-order valence-corrected chi connectivity index (χ2v) is 8.23. The quantitative estimate of drug-likeness (QED) is 0.677. The summed E-state index contributed by atoms with van der Waals surface area (Å²) in [6, 6.07) is 16.1. The number of anilines is 1. The van der Waals surface area contributed by atoms with Crippen molar-refractivity contribution in [3.63, 3.8) is 0 Å². The Bertz CT molecular complexity index is 999. The first-order valence-corrected chi connectivity index (χ1v) is 10.1. The number of fused-ring (bicyclic) bond motifs is 3. The molecule has 7 heteroatoms. The molecule has 3 fully saturated rings. The Kier molecular flexibility index (Phi) is 4.09. The van der Waals surface area contributed by atoms with E-state index in [4.69, 9.17) is 5.26 Å². The van der Waals surface area contributed by atoms with E-state index < -0.39 is 12.0 Å². The SMILES string of the molecule is N#Cc1ccc(N2C(=O)[C@@H]3[C@@H](c4ccc(Br)cc4)N4CCCN4[C@H]3C2=O)cc1. The Morgan fingerprint density at radius 1 is 0.893 bits per heavy atom. The van der Waals surface area contributed by atoms with E-state index in [2.05, 4.69) is 32.0 Å². The summed E-state index contributed by atoms with van der Waals surface area (Å²) in [7, 11) is 0. The lowest BCUT2D eigenvalue weighted by Gasteiger charge is -2.29. The molecule has 0 aromatic heterocycles. The number of rotatable bonds is 2. The minimum absolute atomic E-state index is 0.138. The second-order valence-electron chi connectivity index (χ2n) is 7.32. The molecule has 5 rings (SSSR count). The summed E-state index contributed by atoms with van der Waals surface area (Å²) in [4.78, 5) is 28.0. The maximum atomic E-state index is 13.4. The molecule has 0 unspecified atom stereocenters. The molecule has 0 aliphatic carbocycles. The predicted molar refractivity (Wildman–Crippen MR) is 106 cm³/mol. The number of nitriles is 1. The maximum Gasteiger partial charge on any atom is 0.253 e. The first kappa shape index (κ1) is 17.6. The molecule has 3 saturated heterocycles. The second kappa shape index (κ2) is 6.52. The van der Waals surface area contributed by atoms with Gasteiger partial charge in [0.2, 0.25) is 5.91 Å². The Balaban J connectivity index is 1.56. The summed E-state index contributed by atoms with van der Waals surface area (Å²) in [5.74, 6) is -0.766. The van der Waals surface area contributed by atoms with E-state index in [1.54, 1.807) is 24.3 Å². The molecule has 140 valence electrons. The highest BCUT2D eigenvalue weighted by molar-refractivity contribution is 9.10. The van der Waals surface area contributed by atoms with Gasteiger partial charge in [0.05, 0.1) is 29.3 Å². The zero-order valence-electron chi connectivity index (χ0n) is 15.0. The number of halogens is 1. The first-order chi connectivity index (χ1) is 13.6. The van der Waals surface area contributed by atoms with Crippen molar-refractivity contribution in [2.24, 2.45) is 5.92 Å². The summed E-state index contributed by atoms with van der Waals surface area (Å²) < 4.78 is 0.983. The Morgan fingerprint density at radius 2 is 1.54 bits per heavy atom. The predicted octanol–water partition coefficient (Wildman–Crippen LogP) is 2.86. The van der Waals surface area contributed by atoms with Crippen molar-refractivity contribution in [1.82, 2.24) is 10.0 Å². The molecule has 0 radical (unpaired) electrons. The minimum Gasteiger partial charge on any atom is -0.274 e. The van der Waals surface area contributed by atoms with Gasteiger partial charge in [-0.1, -0.05) is 28.1 Å². The van der Waals surface area contributed by atoms with Crippen molar-refractivity contribution >= 4 is 33.4 Å². The Morgan fingerprint density at radius 3 is 2.18 bits per heavy atom. The molecule has 0 bridgehead atoms. The summed E-state index contributed by atoms with van der Waals surface area (Å²) in [5, 5.41) is 13.3. The molecular formula is C21H17BrN4O2. The fraction of sp³-hybridized carbons (Fsp3) is 0.286. The molecule has 0 saturated carbocycles. The smallest absolute Gasteiger partial charge is 0.253 e. The highest BCUT2D eigenvalue weighted by Gasteiger charge is 2.62. The molecule has 6 nitrogen and oxygen atoms in total. The van der Waals surface area contributed by atoms with E-state index in [0.717, 1.165) is 29.5 Å². The lowest BCUT2D eigenvalue weighted by Crippen LogP contribution is -2.44. The van der Waals surface area contributed by atoms with E-state index in [9.17, 15) is 9.59 Å². The maximum absolute atomic E-state index is 13.4. The number of imide groups is 1. The van der Waals surface area contributed by atoms with Gasteiger partial charge in [-0.3, -0.25) is 9.59 Å². The molecule has 0 spiro atoms. The molecule has 3 aliphatic heterocycles. The largest absolute Gasteiger partial charge is 0.274 e. The van der Waals surface area contributed by atoms with Crippen molar-refractivity contribution in [3.05, 3.63) is 64.1 Å². The minimum atomic E-state index is -0.459. The number of benzene rings is 2. The van der Waals surface area contributed by atoms with Gasteiger partial charge in [0.1, 0.15) is 6.04 Å². The van der Waals surface area contributed by atoms with Crippen LogP contribution < -0.4 is 4.90 Å². The third kappa shape index (κ3) is 2.46. The van der Waals surface area contributed by atoms with Gasteiger partial charge in [-0.25, -0.2) is 14.9 Å². The van der Waals surface area contributed by atoms with Crippen molar-refractivity contribution < 1.29 is 9.59 Å². The van der Waals surface area contributed by atoms with Gasteiger partial charge in [0, 0.05) is 17.6 Å². The number of amides is 2. The molecular weight excluding hydrogens is 420 g/mol. The summed E-state index contributed by atoms with van der Waals surface area (Å²) in [6.45, 7) is 1.64. The average Bonchev–Trinajstić information content (AvgIpc) is 3.35. The van der Waals surface area contributed by atoms with Crippen LogP contribution in [0.4, 0.5) is 5.69 Å². The standard InChI is InChI=1S/C21H17BrN4O2/c22-15-6-4-14(5-7-15)18-17-19(25-11-1-10-24(18)25)21(28)26(20(17)27)16-8-2-13(12-23)3-9-16/h2-9,17-19H,1,10-11H2/t17-,18-,19-/m1/s1. The van der Waals surface area contributed by atoms with E-state index in [1.165, 1.54) is 4.90 Å². The monoisotopic (exact) mass is 436 g/mol. The van der Waals surface area contributed by atoms with E-state index >= 15 is 0 Å². The van der Waals surface area contributed by atoms with Crippen LogP contribution >= 0.6 is 15.9 Å². The van der Waals surface area contributed by atoms with Gasteiger partial charge in [-0.2, -0.15) is 5.26 Å². The summed E-state index contributed by atoms with van der Waals surface area (Å²) in [5.41, 5.74) is 2.08. The number of nitrogens with zero attached hydrogens (tertiary/aromatic N) is 4. The lowest BCUT2D eigenvalue weighted by atomic mass is 9.90. The molecule has 3 atom stereocenters. The first-order valence-electron chi connectivity index (χ1n) is 9.27. The van der Waals surface area contributed by atoms with Crippen LogP contribution in [0, 0.1) is 17.2 Å². The van der Waals surface area contributed by atoms with Gasteiger partial charge >= 0.3 is 0 Å². The van der Waals surface area contributed by atoms with Crippen LogP contribution in [0.15, 0.2) is 53.0 Å². The molecule has 3 aliphatic rings. The fourth-order valence-corrected chi connectivity index (χ4v) is 4.98. The molecule has 2 amide bonds. The van der Waals surface area contributed by atoms with Crippen LogP contribution in [0.1, 0.15) is 23.6 Å². The zero-order valence-corrected chi connectivity index (χ0v) is 16.5. The van der Waals surface area contributed by atoms with Crippen molar-refractivity contribution in [3.8, 4) is 6.07 Å². The number of hydrogen-bond donors (Lipinski definition) is 0. The molecule has 2 aromatic rings.